The summed E-state index contributed by atoms with van der Waals surface area (Å²) in [5.74, 6) is 0.776. The fourth-order valence-electron chi connectivity index (χ4n) is 2.67. The summed E-state index contributed by atoms with van der Waals surface area (Å²) in [6.07, 6.45) is 2.31. The van der Waals surface area contributed by atoms with E-state index in [-0.39, 0.29) is 18.4 Å². The van der Waals surface area contributed by atoms with E-state index in [0.717, 1.165) is 44.9 Å². The molecule has 2 aliphatic heterocycles. The number of amides is 2. The Balaban J connectivity index is 0.00000162. The van der Waals surface area contributed by atoms with Gasteiger partial charge >= 0.3 is 6.03 Å². The number of piperidine rings is 1. The molecule has 4 nitrogen and oxygen atoms in total. The molecule has 1 N–H and O–H groups in total. The normalized spacial score (nSPS) is 29.9. The van der Waals surface area contributed by atoms with Gasteiger partial charge in [-0.2, -0.15) is 0 Å². The van der Waals surface area contributed by atoms with E-state index in [1.54, 1.807) is 0 Å². The van der Waals surface area contributed by atoms with Gasteiger partial charge in [0.15, 0.2) is 0 Å². The van der Waals surface area contributed by atoms with Crippen LogP contribution in [0.5, 0.6) is 0 Å². The van der Waals surface area contributed by atoms with Crippen LogP contribution in [0.25, 0.3) is 0 Å². The zero-order chi connectivity index (χ0) is 12.4. The van der Waals surface area contributed by atoms with Crippen molar-refractivity contribution < 1.29 is 4.79 Å². The molecule has 2 heterocycles. The second-order valence-electron chi connectivity index (χ2n) is 5.76. The summed E-state index contributed by atoms with van der Waals surface area (Å²) in [6, 6.07) is 0.981. The van der Waals surface area contributed by atoms with Crippen LogP contribution >= 0.6 is 12.4 Å². The number of rotatable bonds is 0. The number of hydrogen-bond acceptors (Lipinski definition) is 2. The largest absolute Gasteiger partial charge is 0.325 e. The van der Waals surface area contributed by atoms with E-state index in [4.69, 9.17) is 0 Å². The summed E-state index contributed by atoms with van der Waals surface area (Å²) in [4.78, 5) is 16.5. The zero-order valence-corrected chi connectivity index (χ0v) is 12.5. The fraction of sp³-hybridized carbons (Fsp3) is 0.923. The Kier molecular flexibility index (Phi) is 5.73. The van der Waals surface area contributed by atoms with Crippen molar-refractivity contribution in [2.75, 3.05) is 26.2 Å². The summed E-state index contributed by atoms with van der Waals surface area (Å²) in [5, 5.41) is 3.41. The number of piperazine rings is 1. The third kappa shape index (κ3) is 3.51. The third-order valence-corrected chi connectivity index (χ3v) is 4.06. The van der Waals surface area contributed by atoms with E-state index in [0.29, 0.717) is 12.1 Å². The van der Waals surface area contributed by atoms with Crippen LogP contribution in [-0.2, 0) is 0 Å². The lowest BCUT2D eigenvalue weighted by Crippen LogP contribution is -2.59. The first-order valence-electron chi connectivity index (χ1n) is 6.87. The topological polar surface area (TPSA) is 35.6 Å². The van der Waals surface area contributed by atoms with Gasteiger partial charge < -0.3 is 15.1 Å². The lowest BCUT2D eigenvalue weighted by atomic mass is 9.99. The molecule has 2 unspecified atom stereocenters. The van der Waals surface area contributed by atoms with Gasteiger partial charge in [-0.15, -0.1) is 12.4 Å². The van der Waals surface area contributed by atoms with Crippen molar-refractivity contribution in [1.82, 2.24) is 15.1 Å². The number of halogens is 1. The van der Waals surface area contributed by atoms with E-state index in [1.807, 2.05) is 9.80 Å². The molecule has 0 bridgehead atoms. The Morgan fingerprint density at radius 3 is 2.39 bits per heavy atom. The smallest absolute Gasteiger partial charge is 0.320 e. The fourth-order valence-corrected chi connectivity index (χ4v) is 2.67. The maximum atomic E-state index is 12.4. The maximum absolute atomic E-state index is 12.4. The van der Waals surface area contributed by atoms with Crippen LogP contribution < -0.4 is 5.32 Å². The van der Waals surface area contributed by atoms with Gasteiger partial charge in [0, 0.05) is 38.3 Å². The van der Waals surface area contributed by atoms with Crippen LogP contribution in [-0.4, -0.2) is 54.1 Å². The van der Waals surface area contributed by atoms with Crippen LogP contribution in [0.3, 0.4) is 0 Å². The highest BCUT2D eigenvalue weighted by Gasteiger charge is 2.31. The molecule has 18 heavy (non-hydrogen) atoms. The Morgan fingerprint density at radius 1 is 1.17 bits per heavy atom. The molecule has 5 heteroatoms. The highest BCUT2D eigenvalue weighted by Crippen LogP contribution is 2.19. The molecule has 0 aromatic rings. The van der Waals surface area contributed by atoms with Gasteiger partial charge in [0.2, 0.25) is 0 Å². The molecule has 2 amide bonds. The van der Waals surface area contributed by atoms with Gasteiger partial charge in [-0.1, -0.05) is 6.92 Å². The lowest BCUT2D eigenvalue weighted by Gasteiger charge is -2.41. The number of carbonyl (C=O) groups excluding carboxylic acids is 1. The van der Waals surface area contributed by atoms with Crippen LogP contribution in [0.2, 0.25) is 0 Å². The lowest BCUT2D eigenvalue weighted by molar-refractivity contribution is 0.103. The molecular formula is C13H26ClN3O. The van der Waals surface area contributed by atoms with Crippen molar-refractivity contribution in [1.29, 1.82) is 0 Å². The van der Waals surface area contributed by atoms with Crippen molar-refractivity contribution in [3.8, 4) is 0 Å². The van der Waals surface area contributed by atoms with Crippen molar-refractivity contribution in [3.63, 3.8) is 0 Å². The molecule has 0 aromatic heterocycles. The Labute approximate surface area is 116 Å². The zero-order valence-electron chi connectivity index (χ0n) is 11.7. The van der Waals surface area contributed by atoms with Gasteiger partial charge in [-0.05, 0) is 32.6 Å². The molecule has 106 valence electrons. The van der Waals surface area contributed by atoms with E-state index in [9.17, 15) is 4.79 Å². The quantitative estimate of drug-likeness (QED) is 0.733. The summed E-state index contributed by atoms with van der Waals surface area (Å²) >= 11 is 0. The number of hydrogen-bond donors (Lipinski definition) is 1. The number of carbonyl (C=O) groups is 1. The third-order valence-electron chi connectivity index (χ3n) is 4.06. The van der Waals surface area contributed by atoms with Gasteiger partial charge in [-0.25, -0.2) is 4.79 Å². The van der Waals surface area contributed by atoms with Crippen LogP contribution in [0.1, 0.15) is 33.6 Å². The number of likely N-dealkylation sites (tertiary alicyclic amines) is 1. The SMILES string of the molecule is CC1CCN(C(=O)N2CC(C)NCC2C)CC1.Cl. The maximum Gasteiger partial charge on any atom is 0.320 e. The first-order valence-corrected chi connectivity index (χ1v) is 6.87. The molecular weight excluding hydrogens is 250 g/mol. The molecule has 2 saturated heterocycles. The minimum atomic E-state index is 0. The molecule has 0 spiro atoms. The molecule has 0 saturated carbocycles. The van der Waals surface area contributed by atoms with E-state index < -0.39 is 0 Å². The van der Waals surface area contributed by atoms with E-state index in [1.165, 1.54) is 0 Å². The summed E-state index contributed by atoms with van der Waals surface area (Å²) < 4.78 is 0. The Bertz CT molecular complexity index is 279. The molecule has 2 fully saturated rings. The predicted octanol–water partition coefficient (Wildman–Crippen LogP) is 1.94. The van der Waals surface area contributed by atoms with Crippen molar-refractivity contribution in [2.45, 2.75) is 45.7 Å². The highest BCUT2D eigenvalue weighted by atomic mass is 35.5. The second-order valence-corrected chi connectivity index (χ2v) is 5.76. The van der Waals surface area contributed by atoms with Crippen molar-refractivity contribution in [2.24, 2.45) is 5.92 Å². The summed E-state index contributed by atoms with van der Waals surface area (Å²) in [7, 11) is 0. The minimum Gasteiger partial charge on any atom is -0.325 e. The minimum absolute atomic E-state index is 0. The number of nitrogens with zero attached hydrogens (tertiary/aromatic N) is 2. The predicted molar refractivity (Wildman–Crippen MR) is 76.2 cm³/mol. The molecule has 0 aliphatic carbocycles. The molecule has 2 aliphatic rings. The van der Waals surface area contributed by atoms with Crippen LogP contribution in [0, 0.1) is 5.92 Å². The Morgan fingerprint density at radius 2 is 1.78 bits per heavy atom. The summed E-state index contributed by atoms with van der Waals surface area (Å²) in [5.41, 5.74) is 0. The van der Waals surface area contributed by atoms with Gasteiger partial charge in [-0.3, -0.25) is 0 Å². The first kappa shape index (κ1) is 15.6. The average Bonchev–Trinajstić information content (AvgIpc) is 2.32. The van der Waals surface area contributed by atoms with Crippen molar-refractivity contribution >= 4 is 18.4 Å². The monoisotopic (exact) mass is 275 g/mol. The van der Waals surface area contributed by atoms with Crippen LogP contribution in [0.4, 0.5) is 4.79 Å². The second kappa shape index (κ2) is 6.62. The Hall–Kier alpha value is -0.480. The van der Waals surface area contributed by atoms with E-state index >= 15 is 0 Å². The molecule has 0 aromatic carbocycles. The van der Waals surface area contributed by atoms with Crippen molar-refractivity contribution in [3.05, 3.63) is 0 Å². The first-order chi connectivity index (χ1) is 8.08. The highest BCUT2D eigenvalue weighted by molar-refractivity contribution is 5.85. The summed E-state index contributed by atoms with van der Waals surface area (Å²) in [6.45, 7) is 10.2. The van der Waals surface area contributed by atoms with Crippen LogP contribution in [0.15, 0.2) is 0 Å². The van der Waals surface area contributed by atoms with E-state index in [2.05, 4.69) is 26.1 Å². The van der Waals surface area contributed by atoms with Gasteiger partial charge in [0.05, 0.1) is 0 Å². The standard InChI is InChI=1S/C13H25N3O.ClH/c1-10-4-6-15(7-5-10)13(17)16-9-11(2)14-8-12(16)3;/h10-12,14H,4-9H2,1-3H3;1H. The van der Waals surface area contributed by atoms with Gasteiger partial charge in [0.25, 0.3) is 0 Å². The van der Waals surface area contributed by atoms with Gasteiger partial charge in [0.1, 0.15) is 0 Å². The molecule has 2 atom stereocenters. The number of urea groups is 1. The average molecular weight is 276 g/mol. The number of nitrogens with one attached hydrogen (secondary N) is 1. The molecule has 2 rings (SSSR count). The molecule has 0 radical (unpaired) electrons.